The molecule has 1 aliphatic rings. The van der Waals surface area contributed by atoms with E-state index in [1.54, 1.807) is 48.9 Å². The maximum absolute atomic E-state index is 13.2. The first-order valence-electron chi connectivity index (χ1n) is 8.91. The Morgan fingerprint density at radius 1 is 1.14 bits per heavy atom. The Morgan fingerprint density at radius 2 is 1.89 bits per heavy atom. The summed E-state index contributed by atoms with van der Waals surface area (Å²) in [6.45, 7) is 0. The van der Waals surface area contributed by atoms with Crippen LogP contribution in [-0.4, -0.2) is 22.1 Å². The number of nitrogens with two attached hydrogens (primary N) is 1. The molecule has 0 saturated heterocycles. The van der Waals surface area contributed by atoms with Crippen LogP contribution in [0.5, 0.6) is 0 Å². The number of halogens is 1. The van der Waals surface area contributed by atoms with E-state index < -0.39 is 0 Å². The molecule has 2 aromatic heterocycles. The first-order chi connectivity index (χ1) is 13.6. The van der Waals surface area contributed by atoms with E-state index in [1.807, 2.05) is 0 Å². The highest BCUT2D eigenvalue weighted by Crippen LogP contribution is 2.34. The van der Waals surface area contributed by atoms with Gasteiger partial charge in [0.2, 0.25) is 5.91 Å². The molecular weight excluding hydrogens is 357 g/mol. The number of hydrogen-bond acceptors (Lipinski definition) is 5. The van der Waals surface area contributed by atoms with Crippen molar-refractivity contribution in [2.75, 3.05) is 11.1 Å². The number of amides is 1. The number of benzene rings is 1. The Morgan fingerprint density at radius 3 is 2.64 bits per heavy atom. The zero-order chi connectivity index (χ0) is 19.5. The van der Waals surface area contributed by atoms with E-state index in [2.05, 4.69) is 20.3 Å². The summed E-state index contributed by atoms with van der Waals surface area (Å²) in [4.78, 5) is 24.7. The summed E-state index contributed by atoms with van der Waals surface area (Å²) in [6.07, 6.45) is 6.69. The summed E-state index contributed by atoms with van der Waals surface area (Å²) in [5.74, 6) is 0.547. The lowest BCUT2D eigenvalue weighted by molar-refractivity contribution is -0.117. The molecule has 6 nitrogen and oxygen atoms in total. The van der Waals surface area contributed by atoms with Crippen molar-refractivity contribution in [2.45, 2.75) is 12.8 Å². The number of aromatic nitrogens is 2. The van der Waals surface area contributed by atoms with Gasteiger partial charge in [0, 0.05) is 30.1 Å². The highest BCUT2D eigenvalue weighted by Gasteiger charge is 2.29. The van der Waals surface area contributed by atoms with Gasteiger partial charge in [0.05, 0.1) is 0 Å². The van der Waals surface area contributed by atoms with Crippen molar-refractivity contribution in [3.05, 3.63) is 66.2 Å². The Bertz CT molecular complexity index is 1040. The Labute approximate surface area is 161 Å². The van der Waals surface area contributed by atoms with Crippen LogP contribution in [0.2, 0.25) is 0 Å². The average Bonchev–Trinajstić information content (AvgIpc) is 3.53. The molecule has 7 heteroatoms. The Hall–Kier alpha value is -3.61. The molecule has 3 aromatic rings. The van der Waals surface area contributed by atoms with Crippen LogP contribution in [0.1, 0.15) is 18.4 Å². The molecule has 0 bridgehead atoms. The van der Waals surface area contributed by atoms with Crippen molar-refractivity contribution in [1.29, 1.82) is 0 Å². The number of hydrogen-bond donors (Lipinski definition) is 2. The third-order valence-electron chi connectivity index (χ3n) is 4.43. The average molecular weight is 375 g/mol. The molecule has 0 atom stereocenters. The number of nitrogen functional groups attached to an aromatic ring is 1. The third-order valence-corrected chi connectivity index (χ3v) is 4.43. The fraction of sp³-hybridized carbons (Fsp3) is 0.143. The monoisotopic (exact) mass is 375 g/mol. The Balaban J connectivity index is 1.61. The van der Waals surface area contributed by atoms with Gasteiger partial charge in [-0.1, -0.05) is 12.1 Å². The standard InChI is InChI=1S/C21H18FN5O/c22-16-5-3-14(4-6-16)17-8-10-25-20(23)19(17)26-12-13-7-9-24-18(11-13)27-21(28)15-1-2-15/h3-12,15H,1-2H2,(H2,23,25)(H,24,27,28)/b26-12+. The normalized spacial score (nSPS) is 13.6. The van der Waals surface area contributed by atoms with E-state index in [0.717, 1.165) is 29.5 Å². The number of nitrogens with zero attached hydrogens (tertiary/aromatic N) is 3. The molecule has 3 N–H and O–H groups in total. The van der Waals surface area contributed by atoms with E-state index in [9.17, 15) is 9.18 Å². The van der Waals surface area contributed by atoms with Crippen molar-refractivity contribution in [1.82, 2.24) is 9.97 Å². The third kappa shape index (κ3) is 4.03. The molecule has 4 rings (SSSR count). The van der Waals surface area contributed by atoms with Gasteiger partial charge >= 0.3 is 0 Å². The largest absolute Gasteiger partial charge is 0.382 e. The van der Waals surface area contributed by atoms with E-state index in [4.69, 9.17) is 5.73 Å². The van der Waals surface area contributed by atoms with Gasteiger partial charge in [0.1, 0.15) is 23.1 Å². The molecule has 0 radical (unpaired) electrons. The second kappa shape index (κ2) is 7.56. The van der Waals surface area contributed by atoms with Gasteiger partial charge in [-0.3, -0.25) is 9.79 Å². The summed E-state index contributed by atoms with van der Waals surface area (Å²) in [5.41, 5.74) is 8.81. The first-order valence-corrected chi connectivity index (χ1v) is 8.91. The molecule has 1 aliphatic carbocycles. The van der Waals surface area contributed by atoms with Gasteiger partial charge in [0.25, 0.3) is 0 Å². The summed E-state index contributed by atoms with van der Waals surface area (Å²) in [6, 6.07) is 11.4. The number of carbonyl (C=O) groups excluding carboxylic acids is 1. The molecule has 1 fully saturated rings. The molecule has 0 spiro atoms. The molecular formula is C21H18FN5O. The van der Waals surface area contributed by atoms with E-state index in [0.29, 0.717) is 11.5 Å². The molecule has 140 valence electrons. The van der Waals surface area contributed by atoms with Gasteiger partial charge in [-0.05, 0) is 54.3 Å². The molecule has 0 unspecified atom stereocenters. The first kappa shape index (κ1) is 17.8. The van der Waals surface area contributed by atoms with Crippen LogP contribution in [-0.2, 0) is 4.79 Å². The van der Waals surface area contributed by atoms with Crippen LogP contribution >= 0.6 is 0 Å². The summed E-state index contributed by atoms with van der Waals surface area (Å²) in [5, 5.41) is 2.81. The van der Waals surface area contributed by atoms with Crippen LogP contribution in [0.15, 0.2) is 59.9 Å². The number of pyridine rings is 2. The van der Waals surface area contributed by atoms with Crippen molar-refractivity contribution in [2.24, 2.45) is 10.9 Å². The number of carbonyl (C=O) groups is 1. The minimum absolute atomic E-state index is 0.00307. The zero-order valence-corrected chi connectivity index (χ0v) is 15.0. The topological polar surface area (TPSA) is 93.3 Å². The van der Waals surface area contributed by atoms with Gasteiger partial charge in [-0.25, -0.2) is 14.4 Å². The number of aliphatic imine (C=N–C) groups is 1. The van der Waals surface area contributed by atoms with Crippen LogP contribution in [0, 0.1) is 11.7 Å². The number of anilines is 2. The van der Waals surface area contributed by atoms with Crippen LogP contribution in [0.25, 0.3) is 11.1 Å². The van der Waals surface area contributed by atoms with E-state index >= 15 is 0 Å². The van der Waals surface area contributed by atoms with Gasteiger partial charge < -0.3 is 11.1 Å². The molecule has 1 amide bonds. The predicted molar refractivity (Wildman–Crippen MR) is 107 cm³/mol. The maximum atomic E-state index is 13.2. The minimum Gasteiger partial charge on any atom is -0.382 e. The van der Waals surface area contributed by atoms with Gasteiger partial charge in [0.15, 0.2) is 0 Å². The number of nitrogens with one attached hydrogen (secondary N) is 1. The molecule has 28 heavy (non-hydrogen) atoms. The molecule has 0 aliphatic heterocycles. The molecule has 1 saturated carbocycles. The van der Waals surface area contributed by atoms with Crippen molar-refractivity contribution in [3.63, 3.8) is 0 Å². The second-order valence-electron chi connectivity index (χ2n) is 6.60. The van der Waals surface area contributed by atoms with Gasteiger partial charge in [-0.2, -0.15) is 0 Å². The van der Waals surface area contributed by atoms with E-state index in [-0.39, 0.29) is 23.5 Å². The Kier molecular flexibility index (Phi) is 4.80. The summed E-state index contributed by atoms with van der Waals surface area (Å²) < 4.78 is 13.2. The smallest absolute Gasteiger partial charge is 0.228 e. The second-order valence-corrected chi connectivity index (χ2v) is 6.60. The minimum atomic E-state index is -0.312. The SMILES string of the molecule is Nc1nccc(-c2ccc(F)cc2)c1/N=C/c1ccnc(NC(=O)C2CC2)c1. The molecule has 1 aromatic carbocycles. The van der Waals surface area contributed by atoms with Crippen LogP contribution in [0.4, 0.5) is 21.7 Å². The summed E-state index contributed by atoms with van der Waals surface area (Å²) in [7, 11) is 0. The zero-order valence-electron chi connectivity index (χ0n) is 15.0. The molecule has 2 heterocycles. The lowest BCUT2D eigenvalue weighted by Gasteiger charge is -2.08. The van der Waals surface area contributed by atoms with E-state index in [1.165, 1.54) is 12.1 Å². The predicted octanol–water partition coefficient (Wildman–Crippen LogP) is 3.96. The van der Waals surface area contributed by atoms with Crippen molar-refractivity contribution < 1.29 is 9.18 Å². The maximum Gasteiger partial charge on any atom is 0.228 e. The fourth-order valence-electron chi connectivity index (χ4n) is 2.78. The highest BCUT2D eigenvalue weighted by molar-refractivity contribution is 5.94. The van der Waals surface area contributed by atoms with Crippen molar-refractivity contribution in [3.8, 4) is 11.1 Å². The fourth-order valence-corrected chi connectivity index (χ4v) is 2.78. The van der Waals surface area contributed by atoms with Crippen molar-refractivity contribution >= 4 is 29.4 Å². The summed E-state index contributed by atoms with van der Waals surface area (Å²) >= 11 is 0. The van der Waals surface area contributed by atoms with Gasteiger partial charge in [-0.15, -0.1) is 0 Å². The van der Waals surface area contributed by atoms with Crippen LogP contribution in [0.3, 0.4) is 0 Å². The quantitative estimate of drug-likeness (QED) is 0.660. The highest BCUT2D eigenvalue weighted by atomic mass is 19.1. The lowest BCUT2D eigenvalue weighted by atomic mass is 10.1. The number of rotatable bonds is 5. The van der Waals surface area contributed by atoms with Crippen LogP contribution < -0.4 is 11.1 Å². The lowest BCUT2D eigenvalue weighted by Crippen LogP contribution is -2.14.